The first-order chi connectivity index (χ1) is 7.70. The monoisotopic (exact) mass is 254 g/mol. The molecule has 2 N–H and O–H groups in total. The second kappa shape index (κ2) is 4.96. The van der Waals surface area contributed by atoms with E-state index in [0.717, 1.165) is 0 Å². The number of rotatable bonds is 2. The Bertz CT molecular complexity index is 424. The molecule has 0 spiro atoms. The molecule has 0 aliphatic carbocycles. The molecule has 4 heteroatoms. The molecule has 0 heterocycles. The number of nitrogen functional groups attached to an aromatic ring is 1. The largest absolute Gasteiger partial charge is 0.398 e. The highest BCUT2D eigenvalue weighted by atomic mass is 35.5. The Balaban J connectivity index is 2.93. The van der Waals surface area contributed by atoms with Gasteiger partial charge in [0.25, 0.3) is 5.91 Å². The van der Waals surface area contributed by atoms with Crippen LogP contribution >= 0.6 is 11.6 Å². The third-order valence-corrected chi connectivity index (χ3v) is 2.54. The number of carbonyl (C=O) groups excluding carboxylic acids is 1. The van der Waals surface area contributed by atoms with Gasteiger partial charge in [0.2, 0.25) is 0 Å². The van der Waals surface area contributed by atoms with E-state index >= 15 is 0 Å². The van der Waals surface area contributed by atoms with Crippen molar-refractivity contribution in [2.24, 2.45) is 5.41 Å². The molecule has 94 valence electrons. The first-order valence-electron chi connectivity index (χ1n) is 5.51. The van der Waals surface area contributed by atoms with Crippen molar-refractivity contribution in [3.05, 3.63) is 28.8 Å². The molecule has 0 aliphatic rings. The molecule has 0 saturated heterocycles. The lowest BCUT2D eigenvalue weighted by molar-refractivity contribution is 0.0746. The van der Waals surface area contributed by atoms with Crippen molar-refractivity contribution in [1.82, 2.24) is 4.90 Å². The van der Waals surface area contributed by atoms with Crippen molar-refractivity contribution < 1.29 is 4.79 Å². The van der Waals surface area contributed by atoms with E-state index in [9.17, 15) is 4.79 Å². The summed E-state index contributed by atoms with van der Waals surface area (Å²) in [6.45, 7) is 6.91. The van der Waals surface area contributed by atoms with Crippen LogP contribution in [-0.4, -0.2) is 24.4 Å². The number of nitrogens with two attached hydrogens (primary N) is 1. The number of halogens is 1. The highest BCUT2D eigenvalue weighted by molar-refractivity contribution is 6.31. The van der Waals surface area contributed by atoms with Crippen LogP contribution in [0.1, 0.15) is 31.1 Å². The maximum atomic E-state index is 12.2. The molecule has 0 radical (unpaired) electrons. The highest BCUT2D eigenvalue weighted by Gasteiger charge is 2.20. The van der Waals surface area contributed by atoms with E-state index < -0.39 is 0 Å². The van der Waals surface area contributed by atoms with Gasteiger partial charge in [-0.05, 0) is 23.6 Å². The summed E-state index contributed by atoms with van der Waals surface area (Å²) in [5.41, 5.74) is 6.76. The second-order valence-corrected chi connectivity index (χ2v) is 5.89. The summed E-state index contributed by atoms with van der Waals surface area (Å²) in [4.78, 5) is 13.9. The fourth-order valence-corrected chi connectivity index (χ4v) is 1.87. The van der Waals surface area contributed by atoms with Crippen molar-refractivity contribution in [2.75, 3.05) is 19.3 Å². The van der Waals surface area contributed by atoms with Gasteiger partial charge in [-0.2, -0.15) is 0 Å². The van der Waals surface area contributed by atoms with Crippen LogP contribution in [0.3, 0.4) is 0 Å². The summed E-state index contributed by atoms with van der Waals surface area (Å²) in [6.07, 6.45) is 0. The zero-order chi connectivity index (χ0) is 13.2. The Labute approximate surface area is 108 Å². The van der Waals surface area contributed by atoms with E-state index in [2.05, 4.69) is 20.8 Å². The molecule has 0 bridgehead atoms. The van der Waals surface area contributed by atoms with Crippen molar-refractivity contribution >= 4 is 23.2 Å². The molecule has 0 unspecified atom stereocenters. The van der Waals surface area contributed by atoms with Gasteiger partial charge < -0.3 is 10.6 Å². The average Bonchev–Trinajstić information content (AvgIpc) is 2.18. The van der Waals surface area contributed by atoms with Crippen LogP contribution in [0.2, 0.25) is 5.02 Å². The molecule has 0 saturated carbocycles. The Hall–Kier alpha value is -1.22. The predicted octanol–water partition coefficient (Wildman–Crippen LogP) is 3.04. The van der Waals surface area contributed by atoms with Crippen molar-refractivity contribution in [1.29, 1.82) is 0 Å². The SMILES string of the molecule is CN(CC(C)(C)C)C(=O)c1cc(Cl)ccc1N. The van der Waals surface area contributed by atoms with Gasteiger partial charge in [0.15, 0.2) is 0 Å². The molecule has 17 heavy (non-hydrogen) atoms. The summed E-state index contributed by atoms with van der Waals surface area (Å²) in [5, 5.41) is 0.520. The van der Waals surface area contributed by atoms with Gasteiger partial charge in [-0.3, -0.25) is 4.79 Å². The van der Waals surface area contributed by atoms with Crippen LogP contribution in [0.15, 0.2) is 18.2 Å². The number of nitrogens with zero attached hydrogens (tertiary/aromatic N) is 1. The van der Waals surface area contributed by atoms with Crippen LogP contribution in [-0.2, 0) is 0 Å². The van der Waals surface area contributed by atoms with Gasteiger partial charge in [0.1, 0.15) is 0 Å². The van der Waals surface area contributed by atoms with Gasteiger partial charge in [-0.15, -0.1) is 0 Å². The minimum absolute atomic E-state index is 0.0533. The smallest absolute Gasteiger partial charge is 0.255 e. The van der Waals surface area contributed by atoms with Crippen LogP contribution in [0.4, 0.5) is 5.69 Å². The minimum atomic E-state index is -0.0973. The molecule has 1 amide bonds. The number of amides is 1. The van der Waals surface area contributed by atoms with E-state index in [1.54, 1.807) is 30.1 Å². The van der Waals surface area contributed by atoms with E-state index in [1.165, 1.54) is 0 Å². The third-order valence-electron chi connectivity index (χ3n) is 2.30. The number of carbonyl (C=O) groups is 1. The topological polar surface area (TPSA) is 46.3 Å². The lowest BCUT2D eigenvalue weighted by Gasteiger charge is -2.27. The lowest BCUT2D eigenvalue weighted by atomic mass is 9.96. The Morgan fingerprint density at radius 1 is 1.41 bits per heavy atom. The molecule has 1 aromatic rings. The normalized spacial score (nSPS) is 11.4. The number of benzene rings is 1. The van der Waals surface area contributed by atoms with E-state index in [4.69, 9.17) is 17.3 Å². The van der Waals surface area contributed by atoms with E-state index in [1.807, 2.05) is 0 Å². The fraction of sp³-hybridized carbons (Fsp3) is 0.462. The number of anilines is 1. The molecule has 1 rings (SSSR count). The summed E-state index contributed by atoms with van der Waals surface area (Å²) in [5.74, 6) is -0.0973. The zero-order valence-electron chi connectivity index (χ0n) is 10.7. The highest BCUT2D eigenvalue weighted by Crippen LogP contribution is 2.21. The van der Waals surface area contributed by atoms with E-state index in [0.29, 0.717) is 22.8 Å². The summed E-state index contributed by atoms with van der Waals surface area (Å²) >= 11 is 5.87. The van der Waals surface area contributed by atoms with Gasteiger partial charge in [0, 0.05) is 24.3 Å². The Kier molecular flexibility index (Phi) is 4.04. The van der Waals surface area contributed by atoms with Gasteiger partial charge in [-0.25, -0.2) is 0 Å². The van der Waals surface area contributed by atoms with Gasteiger partial charge >= 0.3 is 0 Å². The number of hydrogen-bond acceptors (Lipinski definition) is 2. The maximum Gasteiger partial charge on any atom is 0.255 e. The fourth-order valence-electron chi connectivity index (χ4n) is 1.70. The lowest BCUT2D eigenvalue weighted by Crippen LogP contribution is -2.34. The average molecular weight is 255 g/mol. The first kappa shape index (κ1) is 13.8. The van der Waals surface area contributed by atoms with Crippen molar-refractivity contribution in [2.45, 2.75) is 20.8 Å². The maximum absolute atomic E-state index is 12.2. The summed E-state index contributed by atoms with van der Waals surface area (Å²) in [6, 6.07) is 4.94. The Morgan fingerprint density at radius 3 is 2.53 bits per heavy atom. The van der Waals surface area contributed by atoms with E-state index in [-0.39, 0.29) is 11.3 Å². The van der Waals surface area contributed by atoms with Gasteiger partial charge in [0.05, 0.1) is 5.56 Å². The summed E-state index contributed by atoms with van der Waals surface area (Å²) in [7, 11) is 1.77. The minimum Gasteiger partial charge on any atom is -0.398 e. The zero-order valence-corrected chi connectivity index (χ0v) is 11.5. The van der Waals surface area contributed by atoms with Crippen molar-refractivity contribution in [3.63, 3.8) is 0 Å². The molecule has 0 atom stereocenters. The van der Waals surface area contributed by atoms with Gasteiger partial charge in [-0.1, -0.05) is 32.4 Å². The quantitative estimate of drug-likeness (QED) is 0.825. The molecule has 1 aromatic carbocycles. The first-order valence-corrected chi connectivity index (χ1v) is 5.89. The Morgan fingerprint density at radius 2 is 2.00 bits per heavy atom. The molecule has 0 aromatic heterocycles. The van der Waals surface area contributed by atoms with Crippen LogP contribution in [0.5, 0.6) is 0 Å². The molecular formula is C13H19ClN2O. The molecule has 0 aliphatic heterocycles. The van der Waals surface area contributed by atoms with Crippen LogP contribution in [0, 0.1) is 5.41 Å². The molecule has 3 nitrogen and oxygen atoms in total. The number of hydrogen-bond donors (Lipinski definition) is 1. The summed E-state index contributed by atoms with van der Waals surface area (Å²) < 4.78 is 0. The predicted molar refractivity (Wildman–Crippen MR) is 72.3 cm³/mol. The van der Waals surface area contributed by atoms with Crippen LogP contribution < -0.4 is 5.73 Å². The third kappa shape index (κ3) is 3.93. The van der Waals surface area contributed by atoms with Crippen molar-refractivity contribution in [3.8, 4) is 0 Å². The standard InChI is InChI=1S/C13H19ClN2O/c1-13(2,3)8-16(4)12(17)10-7-9(14)5-6-11(10)15/h5-7H,8,15H2,1-4H3. The second-order valence-electron chi connectivity index (χ2n) is 5.45. The van der Waals surface area contributed by atoms with Crippen LogP contribution in [0.25, 0.3) is 0 Å². The molecular weight excluding hydrogens is 236 g/mol. The molecule has 0 fully saturated rings.